The van der Waals surface area contributed by atoms with Gasteiger partial charge >= 0.3 is 0 Å². The fourth-order valence-electron chi connectivity index (χ4n) is 2.07. The third-order valence-corrected chi connectivity index (χ3v) is 3.63. The molecule has 2 aromatic rings. The van der Waals surface area contributed by atoms with E-state index in [4.69, 9.17) is 0 Å². The minimum atomic E-state index is -0.0995. The summed E-state index contributed by atoms with van der Waals surface area (Å²) in [6.45, 7) is 4.42. The molecule has 0 bridgehead atoms. The van der Waals surface area contributed by atoms with E-state index in [-0.39, 0.29) is 5.56 Å². The highest BCUT2D eigenvalue weighted by molar-refractivity contribution is 7.84. The van der Waals surface area contributed by atoms with Gasteiger partial charge < -0.3 is 9.88 Å². The van der Waals surface area contributed by atoms with E-state index >= 15 is 0 Å². The number of nitrogens with zero attached hydrogens (tertiary/aromatic N) is 2. The highest BCUT2D eigenvalue weighted by atomic mass is 32.1. The van der Waals surface area contributed by atoms with E-state index in [1.54, 1.807) is 6.92 Å². The van der Waals surface area contributed by atoms with Gasteiger partial charge in [-0.05, 0) is 37.6 Å². The van der Waals surface area contributed by atoms with Crippen LogP contribution in [0.15, 0.2) is 46.3 Å². The van der Waals surface area contributed by atoms with Gasteiger partial charge in [0.2, 0.25) is 0 Å². The zero-order valence-electron chi connectivity index (χ0n) is 12.4. The summed E-state index contributed by atoms with van der Waals surface area (Å²) < 4.78 is 0. The molecule has 0 aliphatic heterocycles. The number of aryl methyl sites for hydroxylation is 1. The Morgan fingerprint density at radius 2 is 2.24 bits per heavy atom. The summed E-state index contributed by atoms with van der Waals surface area (Å²) in [5.41, 5.74) is 1.66. The van der Waals surface area contributed by atoms with E-state index in [1.807, 2.05) is 55.3 Å². The normalized spacial score (nSPS) is 12.3. The third kappa shape index (κ3) is 3.76. The molecule has 0 saturated heterocycles. The molecule has 0 aliphatic carbocycles. The molecule has 0 radical (unpaired) electrons. The van der Waals surface area contributed by atoms with Crippen LogP contribution in [0.25, 0.3) is 10.9 Å². The van der Waals surface area contributed by atoms with E-state index in [2.05, 4.69) is 22.6 Å². The van der Waals surface area contributed by atoms with Crippen molar-refractivity contribution in [1.29, 1.82) is 0 Å². The number of thiol groups is 1. The minimum Gasteiger partial charge on any atom is -0.365 e. The zero-order valence-corrected chi connectivity index (χ0v) is 13.3. The second-order valence-electron chi connectivity index (χ2n) is 4.91. The van der Waals surface area contributed by atoms with Crippen LogP contribution < -0.4 is 5.56 Å². The predicted octanol–water partition coefficient (Wildman–Crippen LogP) is 3.01. The maximum absolute atomic E-state index is 12.0. The Balaban J connectivity index is 2.30. The monoisotopic (exact) mass is 301 g/mol. The number of rotatable bonds is 4. The van der Waals surface area contributed by atoms with Gasteiger partial charge in [0.25, 0.3) is 5.56 Å². The average molecular weight is 301 g/mol. The molecule has 2 rings (SSSR count). The first kappa shape index (κ1) is 15.4. The van der Waals surface area contributed by atoms with Gasteiger partial charge in [-0.25, -0.2) is 4.98 Å². The van der Waals surface area contributed by atoms with Gasteiger partial charge in [0.05, 0.1) is 15.9 Å². The van der Waals surface area contributed by atoms with Crippen molar-refractivity contribution in [1.82, 2.24) is 14.9 Å². The first-order valence-corrected chi connectivity index (χ1v) is 7.18. The molecule has 0 spiro atoms. The molecule has 1 N–H and O–H groups in total. The molecule has 5 heteroatoms. The molecule has 1 aromatic carbocycles. The van der Waals surface area contributed by atoms with Crippen LogP contribution >= 0.6 is 12.6 Å². The molecule has 0 fully saturated rings. The molecule has 110 valence electrons. The molecule has 1 heterocycles. The number of nitrogens with one attached hydrogen (secondary N) is 1. The van der Waals surface area contributed by atoms with Crippen LogP contribution in [0.5, 0.6) is 0 Å². The number of hydrogen-bond donors (Lipinski definition) is 2. The maximum atomic E-state index is 12.0. The van der Waals surface area contributed by atoms with Crippen molar-refractivity contribution in [2.75, 3.05) is 7.05 Å². The van der Waals surface area contributed by atoms with E-state index in [1.165, 1.54) is 0 Å². The zero-order chi connectivity index (χ0) is 15.4. The van der Waals surface area contributed by atoms with Gasteiger partial charge in [0.15, 0.2) is 0 Å². The second-order valence-corrected chi connectivity index (χ2v) is 5.37. The Kier molecular flexibility index (Phi) is 4.85. The minimum absolute atomic E-state index is 0.0995. The maximum Gasteiger partial charge on any atom is 0.258 e. The van der Waals surface area contributed by atoms with Crippen molar-refractivity contribution in [3.05, 3.63) is 63.2 Å². The van der Waals surface area contributed by atoms with Crippen LogP contribution in [0.2, 0.25) is 0 Å². The summed E-state index contributed by atoms with van der Waals surface area (Å²) in [7, 11) is 1.96. The number of aromatic amines is 1. The molecule has 21 heavy (non-hydrogen) atoms. The molecule has 0 amide bonds. The van der Waals surface area contributed by atoms with Crippen LogP contribution in [0.4, 0.5) is 0 Å². The molecule has 0 saturated carbocycles. The van der Waals surface area contributed by atoms with Crippen molar-refractivity contribution in [3.63, 3.8) is 0 Å². The largest absolute Gasteiger partial charge is 0.365 e. The Labute approximate surface area is 129 Å². The lowest BCUT2D eigenvalue weighted by molar-refractivity contribution is 0.441. The molecule has 4 nitrogen and oxygen atoms in total. The van der Waals surface area contributed by atoms with Gasteiger partial charge in [-0.3, -0.25) is 4.79 Å². The van der Waals surface area contributed by atoms with Crippen molar-refractivity contribution in [2.24, 2.45) is 0 Å². The van der Waals surface area contributed by atoms with Gasteiger partial charge in [-0.1, -0.05) is 18.2 Å². The molecule has 0 aliphatic rings. The Morgan fingerprint density at radius 3 is 2.95 bits per heavy atom. The Hall–Kier alpha value is -2.01. The SMILES string of the molecule is C/C=C/C=C(\S)N(C)Cc1ccc2nc(C)[nH]c(=O)c2c1. The molecule has 0 atom stereocenters. The highest BCUT2D eigenvalue weighted by Crippen LogP contribution is 2.15. The number of allylic oxidation sites excluding steroid dienone is 3. The van der Waals surface area contributed by atoms with Crippen LogP contribution in [0.1, 0.15) is 18.3 Å². The van der Waals surface area contributed by atoms with Gasteiger partial charge in [-0.15, -0.1) is 12.6 Å². The summed E-state index contributed by atoms with van der Waals surface area (Å²) in [5, 5.41) is 1.48. The molecular weight excluding hydrogens is 282 g/mol. The summed E-state index contributed by atoms with van der Waals surface area (Å²) in [6, 6.07) is 5.75. The number of fused-ring (bicyclic) bond motifs is 1. The average Bonchev–Trinajstić information content (AvgIpc) is 2.45. The van der Waals surface area contributed by atoms with Crippen molar-refractivity contribution < 1.29 is 0 Å². The first-order valence-electron chi connectivity index (χ1n) is 6.74. The highest BCUT2D eigenvalue weighted by Gasteiger charge is 2.06. The third-order valence-electron chi connectivity index (χ3n) is 3.14. The lowest BCUT2D eigenvalue weighted by Crippen LogP contribution is -2.15. The van der Waals surface area contributed by atoms with Crippen molar-refractivity contribution in [2.45, 2.75) is 20.4 Å². The Morgan fingerprint density at radius 1 is 1.48 bits per heavy atom. The summed E-state index contributed by atoms with van der Waals surface area (Å²) in [5.74, 6) is 0.629. The van der Waals surface area contributed by atoms with Crippen LogP contribution in [-0.2, 0) is 6.54 Å². The number of hydrogen-bond acceptors (Lipinski definition) is 4. The van der Waals surface area contributed by atoms with Crippen LogP contribution in [0, 0.1) is 6.92 Å². The van der Waals surface area contributed by atoms with Crippen LogP contribution in [-0.4, -0.2) is 21.9 Å². The van der Waals surface area contributed by atoms with Crippen LogP contribution in [0.3, 0.4) is 0 Å². The van der Waals surface area contributed by atoms with E-state index < -0.39 is 0 Å². The van der Waals surface area contributed by atoms with Gasteiger partial charge in [-0.2, -0.15) is 0 Å². The molecule has 1 aromatic heterocycles. The summed E-state index contributed by atoms with van der Waals surface area (Å²) in [6.07, 6.45) is 5.83. The predicted molar refractivity (Wildman–Crippen MR) is 90.5 cm³/mol. The number of aromatic nitrogens is 2. The topological polar surface area (TPSA) is 49.0 Å². The lowest BCUT2D eigenvalue weighted by Gasteiger charge is -2.19. The second kappa shape index (κ2) is 6.63. The fraction of sp³-hybridized carbons (Fsp3) is 0.250. The fourth-order valence-corrected chi connectivity index (χ4v) is 2.22. The van der Waals surface area contributed by atoms with Gasteiger partial charge in [0, 0.05) is 13.6 Å². The Bertz CT molecular complexity index is 762. The number of benzene rings is 1. The lowest BCUT2D eigenvalue weighted by atomic mass is 10.1. The summed E-state index contributed by atoms with van der Waals surface area (Å²) >= 11 is 4.45. The van der Waals surface area contributed by atoms with Gasteiger partial charge in [0.1, 0.15) is 5.82 Å². The molecule has 0 unspecified atom stereocenters. The molecular formula is C16H19N3OS. The number of H-pyrrole nitrogens is 1. The van der Waals surface area contributed by atoms with E-state index in [0.29, 0.717) is 17.8 Å². The van der Waals surface area contributed by atoms with E-state index in [9.17, 15) is 4.79 Å². The van der Waals surface area contributed by atoms with E-state index in [0.717, 1.165) is 16.1 Å². The summed E-state index contributed by atoms with van der Waals surface area (Å²) in [4.78, 5) is 21.0. The quantitative estimate of drug-likeness (QED) is 0.674. The smallest absolute Gasteiger partial charge is 0.258 e. The standard InChI is InChI=1S/C16H19N3OS/c1-4-5-6-15(21)19(3)10-12-7-8-14-13(9-12)16(20)18-11(2)17-14/h4-9,21H,10H2,1-3H3,(H,17,18,20)/b5-4+,15-6-. The van der Waals surface area contributed by atoms with Crippen molar-refractivity contribution >= 4 is 23.5 Å². The van der Waals surface area contributed by atoms with Crippen molar-refractivity contribution in [3.8, 4) is 0 Å². The first-order chi connectivity index (χ1) is 10.0.